The molecule has 7 fully saturated rings. The number of aliphatic hydroxyl groups is 6. The minimum Gasteiger partial charge on any atom is -0.463 e. The predicted molar refractivity (Wildman–Crippen MR) is 216 cm³/mol. The lowest BCUT2D eigenvalue weighted by Crippen LogP contribution is -2.72. The van der Waals surface area contributed by atoms with Gasteiger partial charge in [-0.2, -0.15) is 0 Å². The fourth-order valence-corrected chi connectivity index (χ4v) is 14.8. The summed E-state index contributed by atoms with van der Waals surface area (Å²) in [7, 11) is 0. The van der Waals surface area contributed by atoms with Crippen molar-refractivity contribution in [2.24, 2.45) is 50.2 Å². The highest BCUT2D eigenvalue weighted by Crippen LogP contribution is 2.79. The number of carbonyl (C=O) groups is 2. The van der Waals surface area contributed by atoms with Gasteiger partial charge in [-0.15, -0.1) is 0 Å². The van der Waals surface area contributed by atoms with Crippen molar-refractivity contribution in [1.82, 2.24) is 0 Å². The molecule has 1 spiro atoms. The van der Waals surface area contributed by atoms with Crippen molar-refractivity contribution in [2.45, 2.75) is 193 Å². The van der Waals surface area contributed by atoms with Crippen molar-refractivity contribution in [1.29, 1.82) is 0 Å². The molecule has 0 aromatic rings. The number of hydrogen-bond donors (Lipinski definition) is 6. The molecule has 21 atom stereocenters. The van der Waals surface area contributed by atoms with E-state index in [9.17, 15) is 40.2 Å². The predicted octanol–water partition coefficient (Wildman–Crippen LogP) is 2.92. The Morgan fingerprint density at radius 2 is 1.46 bits per heavy atom. The van der Waals surface area contributed by atoms with Crippen molar-refractivity contribution in [3.8, 4) is 0 Å². The summed E-state index contributed by atoms with van der Waals surface area (Å²) in [5.41, 5.74) is -2.07. The highest BCUT2D eigenvalue weighted by molar-refractivity contribution is 5.66. The average molecular weight is 865 g/mol. The Morgan fingerprint density at radius 3 is 2.13 bits per heavy atom. The van der Waals surface area contributed by atoms with E-state index in [1.165, 1.54) is 6.92 Å². The van der Waals surface area contributed by atoms with E-state index in [1.807, 2.05) is 0 Å². The van der Waals surface area contributed by atoms with Gasteiger partial charge in [0.15, 0.2) is 18.7 Å². The van der Waals surface area contributed by atoms with Crippen LogP contribution in [0.1, 0.15) is 114 Å². The molecule has 3 heterocycles. The topological polar surface area (TPSA) is 220 Å². The third kappa shape index (κ3) is 6.67. The largest absolute Gasteiger partial charge is 0.463 e. The van der Waals surface area contributed by atoms with Gasteiger partial charge in [0, 0.05) is 36.0 Å². The number of fused-ring (bicyclic) bond motifs is 4. The molecular weight excluding hydrogens is 792 g/mol. The number of esters is 2. The van der Waals surface area contributed by atoms with E-state index in [4.69, 9.17) is 33.2 Å². The molecule has 15 heteroatoms. The van der Waals surface area contributed by atoms with Crippen LogP contribution in [0.25, 0.3) is 0 Å². The van der Waals surface area contributed by atoms with Gasteiger partial charge in [0.05, 0.1) is 37.1 Å². The summed E-state index contributed by atoms with van der Waals surface area (Å²) in [5.74, 6) is -1.08. The van der Waals surface area contributed by atoms with Gasteiger partial charge >= 0.3 is 11.9 Å². The van der Waals surface area contributed by atoms with Gasteiger partial charge in [0.1, 0.15) is 43.2 Å². The standard InChI is InChI=1S/C46H72O15/c1-23-32(51)36(61-39-35(54)37(58-25(3)49)33(52)26(59-39)20-55-24(2)48)34(53)38(57-23)60-31-12-13-41(6)27(42(31,7)21-47)10-14-43(8)28(41)11-15-46-29-18-40(4,5)16-17-45(29,22-56-46)30(50)19-44(43,46)9/h11,15,23,26-39,47,50-54H,10,12-14,16-22H2,1-9H3/t23-,26-,27-,28-,29+,30+,31+,32+,33-,34-,35-,36+,37+,38+,39+,41+,42+,43-,44+,45-,46+/m1/s1. The number of ether oxygens (including phenoxy) is 7. The Balaban J connectivity index is 1.03. The first-order valence-electron chi connectivity index (χ1n) is 22.7. The summed E-state index contributed by atoms with van der Waals surface area (Å²) < 4.78 is 42.1. The fraction of sp³-hybridized carbons (Fsp3) is 0.913. The molecule has 0 aromatic carbocycles. The molecular formula is C46H72O15. The monoisotopic (exact) mass is 864 g/mol. The van der Waals surface area contributed by atoms with E-state index in [2.05, 4.69) is 53.7 Å². The molecule has 2 bridgehead atoms. The average Bonchev–Trinajstić information content (AvgIpc) is 3.46. The van der Waals surface area contributed by atoms with Gasteiger partial charge in [-0.25, -0.2) is 0 Å². The van der Waals surface area contributed by atoms with Crippen LogP contribution in [-0.4, -0.2) is 142 Å². The SMILES string of the molecule is CC(=O)OC[C@H]1O[C@@H](O[C@H]2[C@@H](O)[C@@H](C)O[C@@H](O[C@H]3CC[C@@]4(C)[C@@H](CC[C@]5(C)[C@@H]4C=C[C@]46OC[C@@]7(CCC(C)(C)C[C@@H]74)[C@@H](O)C[C@]65C)[C@]3(C)CO)[C@@H]2O)[C@H](O)[C@@H](OC(C)=O)[C@@H]1O. The Kier molecular flexibility index (Phi) is 11.6. The van der Waals surface area contributed by atoms with Crippen molar-refractivity contribution < 1.29 is 73.4 Å². The van der Waals surface area contributed by atoms with Crippen LogP contribution in [-0.2, 0) is 42.7 Å². The highest BCUT2D eigenvalue weighted by Gasteiger charge is 2.79. The molecule has 15 nitrogen and oxygen atoms in total. The van der Waals surface area contributed by atoms with Crippen LogP contribution in [0.5, 0.6) is 0 Å². The first-order valence-corrected chi connectivity index (χ1v) is 22.7. The van der Waals surface area contributed by atoms with E-state index >= 15 is 0 Å². The van der Waals surface area contributed by atoms with E-state index in [0.717, 1.165) is 45.4 Å². The summed E-state index contributed by atoms with van der Waals surface area (Å²) in [4.78, 5) is 23.5. The summed E-state index contributed by atoms with van der Waals surface area (Å²) in [6.07, 6.45) is -3.93. The first-order chi connectivity index (χ1) is 28.4. The number of carbonyl (C=O) groups excluding carboxylic acids is 2. The Hall–Kier alpha value is -1.76. The molecule has 8 aliphatic rings. The van der Waals surface area contributed by atoms with Crippen LogP contribution < -0.4 is 0 Å². The van der Waals surface area contributed by atoms with Crippen LogP contribution in [0.4, 0.5) is 0 Å². The zero-order valence-corrected chi connectivity index (χ0v) is 37.5. The molecule has 3 aliphatic heterocycles. The molecule has 8 rings (SSSR count). The van der Waals surface area contributed by atoms with E-state index in [0.29, 0.717) is 19.4 Å². The molecule has 6 N–H and O–H groups in total. The molecule has 0 unspecified atom stereocenters. The summed E-state index contributed by atoms with van der Waals surface area (Å²) >= 11 is 0. The van der Waals surface area contributed by atoms with Crippen molar-refractivity contribution >= 4 is 11.9 Å². The number of aliphatic hydroxyl groups excluding tert-OH is 6. The first kappa shape index (κ1) is 45.8. The van der Waals surface area contributed by atoms with Crippen molar-refractivity contribution in [2.75, 3.05) is 19.8 Å². The quantitative estimate of drug-likeness (QED) is 0.117. The molecule has 4 saturated carbocycles. The second kappa shape index (κ2) is 15.4. The van der Waals surface area contributed by atoms with Gasteiger partial charge < -0.3 is 63.8 Å². The van der Waals surface area contributed by atoms with Gasteiger partial charge in [-0.3, -0.25) is 9.59 Å². The smallest absolute Gasteiger partial charge is 0.303 e. The summed E-state index contributed by atoms with van der Waals surface area (Å²) in [5, 5.41) is 68.8. The maximum Gasteiger partial charge on any atom is 0.303 e. The van der Waals surface area contributed by atoms with Crippen LogP contribution >= 0.6 is 0 Å². The van der Waals surface area contributed by atoms with Gasteiger partial charge in [-0.05, 0) is 86.4 Å². The third-order valence-corrected chi connectivity index (χ3v) is 18.5. The maximum atomic E-state index is 12.2. The third-order valence-electron chi connectivity index (χ3n) is 18.5. The zero-order chi connectivity index (χ0) is 44.5. The lowest BCUT2D eigenvalue weighted by Gasteiger charge is -2.73. The van der Waals surface area contributed by atoms with E-state index in [-0.39, 0.29) is 51.4 Å². The van der Waals surface area contributed by atoms with E-state index < -0.39 is 103 Å². The molecule has 5 aliphatic carbocycles. The molecule has 0 amide bonds. The Morgan fingerprint density at radius 1 is 0.770 bits per heavy atom. The normalized spacial score (nSPS) is 54.7. The van der Waals surface area contributed by atoms with Gasteiger partial charge in [0.2, 0.25) is 0 Å². The van der Waals surface area contributed by atoms with Crippen molar-refractivity contribution in [3.05, 3.63) is 12.2 Å². The molecule has 0 radical (unpaired) electrons. The maximum absolute atomic E-state index is 12.2. The lowest BCUT2D eigenvalue weighted by molar-refractivity contribution is -0.368. The van der Waals surface area contributed by atoms with Crippen LogP contribution in [0.3, 0.4) is 0 Å². The highest BCUT2D eigenvalue weighted by atomic mass is 16.7. The van der Waals surface area contributed by atoms with Crippen LogP contribution in [0.15, 0.2) is 12.2 Å². The summed E-state index contributed by atoms with van der Waals surface area (Å²) in [6.45, 7) is 17.8. The number of rotatable bonds is 8. The zero-order valence-electron chi connectivity index (χ0n) is 37.5. The Labute approximate surface area is 359 Å². The fourth-order valence-electron chi connectivity index (χ4n) is 14.8. The van der Waals surface area contributed by atoms with Crippen LogP contribution in [0, 0.1) is 50.2 Å². The summed E-state index contributed by atoms with van der Waals surface area (Å²) in [6, 6.07) is 0. The number of allylic oxidation sites excluding steroid dienone is 1. The second-order valence-corrected chi connectivity index (χ2v) is 22.2. The molecule has 61 heavy (non-hydrogen) atoms. The Bertz CT molecular complexity index is 1720. The van der Waals surface area contributed by atoms with Crippen molar-refractivity contribution in [3.63, 3.8) is 0 Å². The molecule has 0 aromatic heterocycles. The van der Waals surface area contributed by atoms with E-state index in [1.54, 1.807) is 6.92 Å². The molecule has 346 valence electrons. The molecule has 3 saturated heterocycles. The van der Waals surface area contributed by atoms with Gasteiger partial charge in [-0.1, -0.05) is 53.7 Å². The van der Waals surface area contributed by atoms with Gasteiger partial charge in [0.25, 0.3) is 0 Å². The minimum atomic E-state index is -1.75. The lowest BCUT2D eigenvalue weighted by atomic mass is 9.32. The second-order valence-electron chi connectivity index (χ2n) is 22.2. The van der Waals surface area contributed by atoms with Crippen LogP contribution in [0.2, 0.25) is 0 Å². The number of hydrogen-bond acceptors (Lipinski definition) is 15. The minimum absolute atomic E-state index is 0.00946.